The molecule has 34 heavy (non-hydrogen) atoms. The van der Waals surface area contributed by atoms with Gasteiger partial charge < -0.3 is 5.32 Å². The van der Waals surface area contributed by atoms with Gasteiger partial charge >= 0.3 is 0 Å². The van der Waals surface area contributed by atoms with Gasteiger partial charge in [-0.25, -0.2) is 0 Å². The molecule has 1 amide bonds. The molecule has 6 nitrogen and oxygen atoms in total. The second kappa shape index (κ2) is 11.1. The molecule has 2 atom stereocenters. The number of rotatable bonds is 8. The molecule has 1 aromatic heterocycles. The lowest BCUT2D eigenvalue weighted by Gasteiger charge is -2.35. The molecule has 0 bridgehead atoms. The van der Waals surface area contributed by atoms with Crippen LogP contribution >= 0.6 is 12.2 Å². The zero-order chi connectivity index (χ0) is 24.1. The van der Waals surface area contributed by atoms with Crippen LogP contribution in [0.1, 0.15) is 43.4 Å². The first-order chi connectivity index (χ1) is 16.4. The van der Waals surface area contributed by atoms with E-state index >= 15 is 0 Å². The third-order valence-electron chi connectivity index (χ3n) is 6.56. The minimum atomic E-state index is 0.00739. The van der Waals surface area contributed by atoms with E-state index in [9.17, 15) is 4.79 Å². The number of amides is 1. The summed E-state index contributed by atoms with van der Waals surface area (Å²) in [4.78, 5) is 15.3. The molecule has 2 heterocycles. The van der Waals surface area contributed by atoms with E-state index < -0.39 is 0 Å². The number of nitrogens with one attached hydrogen (secondary N) is 2. The van der Waals surface area contributed by atoms with Crippen molar-refractivity contribution >= 4 is 18.1 Å². The number of H-pyrrole nitrogens is 1. The summed E-state index contributed by atoms with van der Waals surface area (Å²) >= 11 is 5.41. The fourth-order valence-electron chi connectivity index (χ4n) is 4.99. The summed E-state index contributed by atoms with van der Waals surface area (Å²) in [6.45, 7) is 11.0. The lowest BCUT2D eigenvalue weighted by molar-refractivity contribution is -0.121. The average Bonchev–Trinajstić information content (AvgIpc) is 3.17. The fourth-order valence-corrected chi connectivity index (χ4v) is 5.21. The maximum atomic E-state index is 12.7. The Hall–Kier alpha value is -2.77. The van der Waals surface area contributed by atoms with Gasteiger partial charge in [-0.2, -0.15) is 5.10 Å². The third kappa shape index (κ3) is 6.21. The summed E-state index contributed by atoms with van der Waals surface area (Å²) in [5.41, 5.74) is 4.65. The topological polar surface area (TPSA) is 66.0 Å². The van der Waals surface area contributed by atoms with Gasteiger partial charge in [0.1, 0.15) is 0 Å². The number of aromatic nitrogens is 3. The molecule has 1 fully saturated rings. The highest BCUT2D eigenvalue weighted by Gasteiger charge is 2.22. The van der Waals surface area contributed by atoms with Crippen LogP contribution in [0.25, 0.3) is 11.4 Å². The lowest BCUT2D eigenvalue weighted by Crippen LogP contribution is -2.38. The van der Waals surface area contributed by atoms with Crippen molar-refractivity contribution in [3.63, 3.8) is 0 Å². The standard InChI is InChI=1S/C27H35N5OS/c1-19-8-10-22(11-9-19)26-29-30-27(34)32(26)13-12-25(33)28-15-23-6-4-5-7-24(23)18-31-16-20(2)14-21(3)17-31/h4-11,20-21H,12-18H2,1-3H3,(H,28,33)(H,30,34). The van der Waals surface area contributed by atoms with Gasteiger partial charge in [-0.05, 0) is 48.5 Å². The predicted octanol–water partition coefficient (Wildman–Crippen LogP) is 5.10. The molecule has 0 aliphatic carbocycles. The second-order valence-electron chi connectivity index (χ2n) is 9.81. The number of aromatic amines is 1. The first kappa shape index (κ1) is 24.4. The Morgan fingerprint density at radius 2 is 1.76 bits per heavy atom. The van der Waals surface area contributed by atoms with Crippen LogP contribution in [0.5, 0.6) is 0 Å². The van der Waals surface area contributed by atoms with Gasteiger partial charge in [-0.3, -0.25) is 19.4 Å². The largest absolute Gasteiger partial charge is 0.352 e. The van der Waals surface area contributed by atoms with E-state index in [4.69, 9.17) is 12.2 Å². The first-order valence-electron chi connectivity index (χ1n) is 12.2. The van der Waals surface area contributed by atoms with Crippen LogP contribution in [0.3, 0.4) is 0 Å². The number of nitrogens with zero attached hydrogens (tertiary/aromatic N) is 3. The van der Waals surface area contributed by atoms with E-state index in [1.807, 2.05) is 34.9 Å². The molecule has 0 radical (unpaired) electrons. The van der Waals surface area contributed by atoms with Crippen molar-refractivity contribution in [1.82, 2.24) is 25.0 Å². The first-order valence-corrected chi connectivity index (χ1v) is 12.6. The van der Waals surface area contributed by atoms with Gasteiger partial charge in [0.05, 0.1) is 0 Å². The summed E-state index contributed by atoms with van der Waals surface area (Å²) in [6.07, 6.45) is 1.65. The van der Waals surface area contributed by atoms with Crippen LogP contribution < -0.4 is 5.32 Å². The Morgan fingerprint density at radius 1 is 1.09 bits per heavy atom. The average molecular weight is 478 g/mol. The summed E-state index contributed by atoms with van der Waals surface area (Å²) < 4.78 is 2.42. The van der Waals surface area contributed by atoms with Crippen molar-refractivity contribution in [2.24, 2.45) is 11.8 Å². The maximum Gasteiger partial charge on any atom is 0.222 e. The van der Waals surface area contributed by atoms with Crippen molar-refractivity contribution in [3.8, 4) is 11.4 Å². The second-order valence-corrected chi connectivity index (χ2v) is 10.2. The highest BCUT2D eigenvalue weighted by molar-refractivity contribution is 7.71. The molecule has 0 spiro atoms. The minimum Gasteiger partial charge on any atom is -0.352 e. The van der Waals surface area contributed by atoms with Gasteiger partial charge in [-0.1, -0.05) is 67.9 Å². The van der Waals surface area contributed by atoms with Crippen LogP contribution in [0.4, 0.5) is 0 Å². The molecule has 1 saturated heterocycles. The molecule has 1 aliphatic rings. The molecule has 180 valence electrons. The van der Waals surface area contributed by atoms with Gasteiger partial charge in [-0.15, -0.1) is 0 Å². The van der Waals surface area contributed by atoms with E-state index in [-0.39, 0.29) is 5.91 Å². The highest BCUT2D eigenvalue weighted by atomic mass is 32.1. The Balaban J connectivity index is 1.35. The maximum absolute atomic E-state index is 12.7. The fraction of sp³-hybridized carbons (Fsp3) is 0.444. The normalized spacial score (nSPS) is 18.7. The summed E-state index contributed by atoms with van der Waals surface area (Å²) in [7, 11) is 0. The number of piperidine rings is 1. The molecule has 3 aromatic rings. The van der Waals surface area contributed by atoms with Crippen molar-refractivity contribution in [3.05, 3.63) is 70.0 Å². The van der Waals surface area contributed by atoms with Crippen LogP contribution in [0.15, 0.2) is 48.5 Å². The number of benzene rings is 2. The van der Waals surface area contributed by atoms with E-state index in [1.165, 1.54) is 23.1 Å². The molecule has 2 N–H and O–H groups in total. The lowest BCUT2D eigenvalue weighted by atomic mass is 9.91. The zero-order valence-corrected chi connectivity index (χ0v) is 21.2. The number of carbonyl (C=O) groups excluding carboxylic acids is 1. The van der Waals surface area contributed by atoms with E-state index in [1.54, 1.807) is 0 Å². The van der Waals surface area contributed by atoms with Crippen molar-refractivity contribution in [1.29, 1.82) is 0 Å². The minimum absolute atomic E-state index is 0.00739. The van der Waals surface area contributed by atoms with Crippen LogP contribution in [0, 0.1) is 23.5 Å². The van der Waals surface area contributed by atoms with Crippen molar-refractivity contribution < 1.29 is 4.79 Å². The smallest absolute Gasteiger partial charge is 0.222 e. The molecular weight excluding hydrogens is 442 g/mol. The molecule has 2 unspecified atom stereocenters. The molecule has 2 aromatic carbocycles. The molecule has 7 heteroatoms. The molecule has 1 aliphatic heterocycles. The number of likely N-dealkylation sites (tertiary alicyclic amines) is 1. The van der Waals surface area contributed by atoms with Gasteiger partial charge in [0, 0.05) is 44.7 Å². The number of aryl methyl sites for hydroxylation is 1. The summed E-state index contributed by atoms with van der Waals surface area (Å²) in [6, 6.07) is 16.6. The van der Waals surface area contributed by atoms with Gasteiger partial charge in [0.25, 0.3) is 0 Å². The monoisotopic (exact) mass is 477 g/mol. The molecule has 4 rings (SSSR count). The number of hydrogen-bond donors (Lipinski definition) is 2. The van der Waals surface area contributed by atoms with Gasteiger partial charge in [0.2, 0.25) is 5.91 Å². The van der Waals surface area contributed by atoms with Crippen LogP contribution in [-0.4, -0.2) is 38.7 Å². The van der Waals surface area contributed by atoms with Crippen molar-refractivity contribution in [2.45, 2.75) is 53.2 Å². The van der Waals surface area contributed by atoms with Crippen LogP contribution in [-0.2, 0) is 24.4 Å². The summed E-state index contributed by atoms with van der Waals surface area (Å²) in [5, 5.41) is 10.3. The Morgan fingerprint density at radius 3 is 2.47 bits per heavy atom. The van der Waals surface area contributed by atoms with Gasteiger partial charge in [0.15, 0.2) is 10.6 Å². The molecule has 0 saturated carbocycles. The van der Waals surface area contributed by atoms with E-state index in [0.29, 0.717) is 24.3 Å². The Kier molecular flexibility index (Phi) is 7.95. The molecular formula is C27H35N5OS. The SMILES string of the molecule is Cc1ccc(-c2n[nH]c(=S)n2CCC(=O)NCc2ccccc2CN2CC(C)CC(C)C2)cc1. The zero-order valence-electron chi connectivity index (χ0n) is 20.4. The number of hydrogen-bond acceptors (Lipinski definition) is 4. The summed E-state index contributed by atoms with van der Waals surface area (Å²) in [5.74, 6) is 2.23. The quantitative estimate of drug-likeness (QED) is 0.443. The number of carbonyl (C=O) groups is 1. The predicted molar refractivity (Wildman–Crippen MR) is 139 cm³/mol. The van der Waals surface area contributed by atoms with Crippen LogP contribution in [0.2, 0.25) is 0 Å². The van der Waals surface area contributed by atoms with E-state index in [2.05, 4.69) is 59.4 Å². The Labute approximate surface area is 207 Å². The highest BCUT2D eigenvalue weighted by Crippen LogP contribution is 2.23. The van der Waals surface area contributed by atoms with Crippen molar-refractivity contribution in [2.75, 3.05) is 13.1 Å². The van der Waals surface area contributed by atoms with E-state index in [0.717, 1.165) is 42.9 Å². The Bertz CT molecular complexity index is 1160. The third-order valence-corrected chi connectivity index (χ3v) is 6.88.